The highest BCUT2D eigenvalue weighted by Gasteiger charge is 2.23. The Morgan fingerprint density at radius 3 is 2.77 bits per heavy atom. The van der Waals surface area contributed by atoms with Crippen molar-refractivity contribution >= 4 is 24.0 Å². The average Bonchev–Trinajstić information content (AvgIpc) is 3.31. The van der Waals surface area contributed by atoms with E-state index in [1.165, 1.54) is 31.2 Å². The molecule has 1 aliphatic heterocycles. The number of benzene rings is 1. The summed E-state index contributed by atoms with van der Waals surface area (Å²) >= 11 is 6.17. The molecule has 2 fully saturated rings. The van der Waals surface area contributed by atoms with E-state index in [-0.39, 0.29) is 12.4 Å². The minimum absolute atomic E-state index is 0. The molecule has 1 atom stereocenters. The summed E-state index contributed by atoms with van der Waals surface area (Å²) in [4.78, 5) is 2.48. The highest BCUT2D eigenvalue weighted by atomic mass is 35.5. The Balaban J connectivity index is 0.00000176. The molecule has 0 amide bonds. The summed E-state index contributed by atoms with van der Waals surface area (Å²) in [6, 6.07) is 5.99. The number of likely N-dealkylation sites (tertiary alicyclic amines) is 1. The molecule has 2 N–H and O–H groups in total. The fraction of sp³-hybridized carbons (Fsp3) is 0.647. The lowest BCUT2D eigenvalue weighted by Crippen LogP contribution is -2.37. The van der Waals surface area contributed by atoms with Crippen molar-refractivity contribution in [3.8, 4) is 5.75 Å². The van der Waals surface area contributed by atoms with Crippen LogP contribution in [0.25, 0.3) is 0 Å². The van der Waals surface area contributed by atoms with Gasteiger partial charge in [-0.2, -0.15) is 0 Å². The summed E-state index contributed by atoms with van der Waals surface area (Å²) in [5.74, 6) is 2.40. The number of piperidine rings is 1. The van der Waals surface area contributed by atoms with Crippen LogP contribution >= 0.6 is 24.0 Å². The molecule has 0 spiro atoms. The molecule has 1 saturated heterocycles. The third-order valence-electron chi connectivity index (χ3n) is 4.52. The summed E-state index contributed by atoms with van der Waals surface area (Å²) < 4.78 is 6.00. The van der Waals surface area contributed by atoms with Crippen molar-refractivity contribution in [1.29, 1.82) is 0 Å². The quantitative estimate of drug-likeness (QED) is 0.854. The van der Waals surface area contributed by atoms with Crippen LogP contribution in [-0.2, 0) is 6.54 Å². The van der Waals surface area contributed by atoms with Crippen molar-refractivity contribution in [1.82, 2.24) is 4.90 Å². The molecule has 1 saturated carbocycles. The van der Waals surface area contributed by atoms with Gasteiger partial charge in [0.05, 0.1) is 6.61 Å². The van der Waals surface area contributed by atoms with Gasteiger partial charge in [-0.15, -0.1) is 12.4 Å². The van der Waals surface area contributed by atoms with Crippen LogP contribution in [0, 0.1) is 11.8 Å². The maximum absolute atomic E-state index is 6.17. The third kappa shape index (κ3) is 5.02. The molecule has 3 rings (SSSR count). The molecule has 1 aromatic carbocycles. The predicted octanol–water partition coefficient (Wildman–Crippen LogP) is 3.72. The number of hydrogen-bond acceptors (Lipinski definition) is 3. The molecule has 2 aliphatic rings. The van der Waals surface area contributed by atoms with E-state index in [0.29, 0.717) is 5.92 Å². The first-order valence-electron chi connectivity index (χ1n) is 8.08. The second-order valence-corrected chi connectivity index (χ2v) is 6.92. The van der Waals surface area contributed by atoms with Gasteiger partial charge in [-0.3, -0.25) is 4.90 Å². The summed E-state index contributed by atoms with van der Waals surface area (Å²) in [6.45, 7) is 4.78. The van der Waals surface area contributed by atoms with Crippen molar-refractivity contribution in [2.24, 2.45) is 17.6 Å². The first-order chi connectivity index (χ1) is 10.2. The Morgan fingerprint density at radius 1 is 1.23 bits per heavy atom. The largest absolute Gasteiger partial charge is 0.493 e. The first kappa shape index (κ1) is 17.9. The molecule has 124 valence electrons. The van der Waals surface area contributed by atoms with Crippen molar-refractivity contribution < 1.29 is 4.74 Å². The van der Waals surface area contributed by atoms with Gasteiger partial charge in [-0.05, 0) is 68.8 Å². The van der Waals surface area contributed by atoms with E-state index in [1.807, 2.05) is 12.1 Å². The summed E-state index contributed by atoms with van der Waals surface area (Å²) in [5, 5.41) is 0.788. The minimum Gasteiger partial charge on any atom is -0.493 e. The number of nitrogens with zero attached hydrogens (tertiary/aromatic N) is 1. The molecule has 5 heteroatoms. The van der Waals surface area contributed by atoms with E-state index in [2.05, 4.69) is 11.0 Å². The summed E-state index contributed by atoms with van der Waals surface area (Å²) in [7, 11) is 0. The predicted molar refractivity (Wildman–Crippen MR) is 94.0 cm³/mol. The Bertz CT molecular complexity index is 480. The molecule has 3 nitrogen and oxygen atoms in total. The maximum Gasteiger partial charge on any atom is 0.123 e. The zero-order chi connectivity index (χ0) is 14.7. The van der Waals surface area contributed by atoms with E-state index in [9.17, 15) is 0 Å². The molecule has 1 heterocycles. The van der Waals surface area contributed by atoms with Gasteiger partial charge in [0.1, 0.15) is 5.75 Å². The summed E-state index contributed by atoms with van der Waals surface area (Å²) in [6.07, 6.45) is 5.12. The van der Waals surface area contributed by atoms with Crippen molar-refractivity contribution in [3.63, 3.8) is 0 Å². The highest BCUT2D eigenvalue weighted by molar-refractivity contribution is 6.30. The average molecular weight is 345 g/mol. The fourth-order valence-corrected chi connectivity index (χ4v) is 3.23. The van der Waals surface area contributed by atoms with Gasteiger partial charge in [0.15, 0.2) is 0 Å². The molecule has 22 heavy (non-hydrogen) atoms. The number of halogens is 2. The van der Waals surface area contributed by atoms with Gasteiger partial charge < -0.3 is 10.5 Å². The first-order valence-corrected chi connectivity index (χ1v) is 8.46. The van der Waals surface area contributed by atoms with Crippen LogP contribution in [0.4, 0.5) is 0 Å². The minimum atomic E-state index is 0. The normalized spacial score (nSPS) is 22.2. The molecule has 0 bridgehead atoms. The number of nitrogens with two attached hydrogens (primary N) is 1. The Morgan fingerprint density at radius 2 is 2.05 bits per heavy atom. The molecular weight excluding hydrogens is 319 g/mol. The van der Waals surface area contributed by atoms with Crippen LogP contribution in [0.5, 0.6) is 5.75 Å². The second kappa shape index (κ2) is 8.39. The number of rotatable bonds is 6. The van der Waals surface area contributed by atoms with Crippen molar-refractivity contribution in [2.45, 2.75) is 32.2 Å². The molecule has 0 aromatic heterocycles. The van der Waals surface area contributed by atoms with Crippen molar-refractivity contribution in [3.05, 3.63) is 28.8 Å². The van der Waals surface area contributed by atoms with E-state index in [1.54, 1.807) is 0 Å². The van der Waals surface area contributed by atoms with Gasteiger partial charge in [0.25, 0.3) is 0 Å². The summed E-state index contributed by atoms with van der Waals surface area (Å²) in [5.41, 5.74) is 7.04. The Kier molecular flexibility index (Phi) is 6.82. The van der Waals surface area contributed by atoms with Crippen LogP contribution < -0.4 is 10.5 Å². The van der Waals surface area contributed by atoms with Crippen LogP contribution in [-0.4, -0.2) is 31.1 Å². The topological polar surface area (TPSA) is 38.5 Å². The van der Waals surface area contributed by atoms with E-state index >= 15 is 0 Å². The standard InChI is InChI=1S/C17H25ClN2O.ClH/c18-16-5-6-17(21-12-13-3-4-13)15(8-16)11-20-7-1-2-14(9-19)10-20;/h5-6,8,13-14H,1-4,7,9-12,19H2;1H/t14-;/m0./s1. The van der Waals surface area contributed by atoms with Gasteiger partial charge in [-0.1, -0.05) is 11.6 Å². The lowest BCUT2D eigenvalue weighted by Gasteiger charge is -2.32. The smallest absolute Gasteiger partial charge is 0.123 e. The second-order valence-electron chi connectivity index (χ2n) is 6.49. The van der Waals surface area contributed by atoms with Crippen LogP contribution in [0.1, 0.15) is 31.2 Å². The molecule has 0 unspecified atom stereocenters. The van der Waals surface area contributed by atoms with E-state index in [4.69, 9.17) is 22.1 Å². The molecule has 1 aliphatic carbocycles. The zero-order valence-electron chi connectivity index (χ0n) is 13.0. The van der Waals surface area contributed by atoms with Gasteiger partial charge in [0, 0.05) is 23.7 Å². The third-order valence-corrected chi connectivity index (χ3v) is 4.76. The van der Waals surface area contributed by atoms with Gasteiger partial charge >= 0.3 is 0 Å². The van der Waals surface area contributed by atoms with Gasteiger partial charge in [-0.25, -0.2) is 0 Å². The molecular formula is C17H26Cl2N2O. The Hall–Kier alpha value is -0.480. The van der Waals surface area contributed by atoms with Gasteiger partial charge in [0.2, 0.25) is 0 Å². The zero-order valence-corrected chi connectivity index (χ0v) is 14.5. The molecule has 0 radical (unpaired) electrons. The number of hydrogen-bond donors (Lipinski definition) is 1. The number of ether oxygens (including phenoxy) is 1. The lowest BCUT2D eigenvalue weighted by atomic mass is 9.98. The van der Waals surface area contributed by atoms with Crippen LogP contribution in [0.2, 0.25) is 5.02 Å². The van der Waals surface area contributed by atoms with E-state index < -0.39 is 0 Å². The Labute approximate surface area is 144 Å². The van der Waals surface area contributed by atoms with Crippen LogP contribution in [0.3, 0.4) is 0 Å². The SMILES string of the molecule is Cl.NC[C@@H]1CCCN(Cc2cc(Cl)ccc2OCC2CC2)C1. The van der Waals surface area contributed by atoms with E-state index in [0.717, 1.165) is 49.5 Å². The highest BCUT2D eigenvalue weighted by Crippen LogP contribution is 2.32. The monoisotopic (exact) mass is 344 g/mol. The van der Waals surface area contributed by atoms with Crippen molar-refractivity contribution in [2.75, 3.05) is 26.2 Å². The lowest BCUT2D eigenvalue weighted by molar-refractivity contribution is 0.168. The molecule has 1 aromatic rings. The maximum atomic E-state index is 6.17. The van der Waals surface area contributed by atoms with Crippen LogP contribution in [0.15, 0.2) is 18.2 Å². The fourth-order valence-electron chi connectivity index (χ4n) is 3.03.